The van der Waals surface area contributed by atoms with Crippen molar-refractivity contribution >= 4 is 46.8 Å². The number of hydrogen-bond acceptors (Lipinski definition) is 3. The molecule has 0 aliphatic heterocycles. The second-order valence-corrected chi connectivity index (χ2v) is 8.64. The van der Waals surface area contributed by atoms with Crippen LogP contribution in [-0.4, -0.2) is 35.1 Å². The van der Waals surface area contributed by atoms with E-state index in [0.717, 1.165) is 16.9 Å². The van der Waals surface area contributed by atoms with Crippen molar-refractivity contribution in [1.82, 2.24) is 10.2 Å². The lowest BCUT2D eigenvalue weighted by atomic mass is 10.1. The first-order chi connectivity index (χ1) is 13.9. The predicted molar refractivity (Wildman–Crippen MR) is 122 cm³/mol. The van der Waals surface area contributed by atoms with E-state index in [4.69, 9.17) is 23.2 Å². The van der Waals surface area contributed by atoms with E-state index in [1.165, 1.54) is 0 Å². The summed E-state index contributed by atoms with van der Waals surface area (Å²) in [4.78, 5) is 28.1. The van der Waals surface area contributed by atoms with E-state index < -0.39 is 6.04 Å². The Labute approximate surface area is 187 Å². The van der Waals surface area contributed by atoms with E-state index in [9.17, 15) is 9.59 Å². The lowest BCUT2D eigenvalue weighted by Gasteiger charge is -2.29. The number of rotatable bonds is 10. The van der Waals surface area contributed by atoms with Crippen molar-refractivity contribution in [3.63, 3.8) is 0 Å². The van der Waals surface area contributed by atoms with Crippen LogP contribution in [0.1, 0.15) is 32.3 Å². The average Bonchev–Trinajstić information content (AvgIpc) is 2.72. The molecule has 0 saturated carbocycles. The van der Waals surface area contributed by atoms with Gasteiger partial charge in [-0.25, -0.2) is 0 Å². The molecular weight excluding hydrogens is 427 g/mol. The highest BCUT2D eigenvalue weighted by molar-refractivity contribution is 7.99. The number of nitrogens with zero attached hydrogens (tertiary/aromatic N) is 1. The molecule has 7 heteroatoms. The van der Waals surface area contributed by atoms with Crippen LogP contribution in [0, 0.1) is 0 Å². The Kier molecular flexibility index (Phi) is 9.85. The van der Waals surface area contributed by atoms with Gasteiger partial charge in [0.15, 0.2) is 0 Å². The molecule has 2 rings (SSSR count). The molecule has 0 bridgehead atoms. The summed E-state index contributed by atoms with van der Waals surface area (Å²) in [7, 11) is 0. The van der Waals surface area contributed by atoms with Gasteiger partial charge in [-0.2, -0.15) is 0 Å². The van der Waals surface area contributed by atoms with Crippen LogP contribution in [0.25, 0.3) is 0 Å². The van der Waals surface area contributed by atoms with Gasteiger partial charge in [0.2, 0.25) is 11.8 Å². The molecule has 1 N–H and O–H groups in total. The Morgan fingerprint density at radius 3 is 2.45 bits per heavy atom. The fourth-order valence-corrected chi connectivity index (χ4v) is 3.88. The van der Waals surface area contributed by atoms with Crippen LogP contribution in [0.15, 0.2) is 53.4 Å². The monoisotopic (exact) mass is 452 g/mol. The molecule has 0 spiro atoms. The maximum atomic E-state index is 13.0. The number of amides is 2. The van der Waals surface area contributed by atoms with Gasteiger partial charge >= 0.3 is 0 Å². The summed E-state index contributed by atoms with van der Waals surface area (Å²) in [5, 5.41) is 4.14. The number of benzene rings is 2. The van der Waals surface area contributed by atoms with E-state index in [1.54, 1.807) is 29.7 Å². The molecule has 0 fully saturated rings. The minimum absolute atomic E-state index is 0.0782. The largest absolute Gasteiger partial charge is 0.354 e. The summed E-state index contributed by atoms with van der Waals surface area (Å²) in [6.07, 6.45) is 1.16. The van der Waals surface area contributed by atoms with Crippen LogP contribution < -0.4 is 5.32 Å². The van der Waals surface area contributed by atoms with Gasteiger partial charge in [0, 0.05) is 40.2 Å². The molecular formula is C22H26Cl2N2O2S. The number of carbonyl (C=O) groups excluding carboxylic acids is 2. The van der Waals surface area contributed by atoms with E-state index in [0.29, 0.717) is 35.3 Å². The van der Waals surface area contributed by atoms with Gasteiger partial charge in [-0.1, -0.05) is 48.3 Å². The maximum absolute atomic E-state index is 13.0. The lowest BCUT2D eigenvalue weighted by Crippen LogP contribution is -2.47. The van der Waals surface area contributed by atoms with Crippen LogP contribution in [-0.2, 0) is 16.1 Å². The Morgan fingerprint density at radius 1 is 1.10 bits per heavy atom. The van der Waals surface area contributed by atoms with Crippen LogP contribution in [0.5, 0.6) is 0 Å². The standard InChI is InChI=1S/C22H26Cl2N2O2S/c1-3-13-25-22(28)16(2)26(15-17-6-4-5-7-20(17)24)21(27)12-14-29-19-10-8-18(23)9-11-19/h4-11,16H,3,12-15H2,1-2H3,(H,25,28). The molecule has 29 heavy (non-hydrogen) atoms. The van der Waals surface area contributed by atoms with Gasteiger partial charge in [0.1, 0.15) is 6.04 Å². The zero-order chi connectivity index (χ0) is 21.2. The van der Waals surface area contributed by atoms with Crippen LogP contribution in [0.2, 0.25) is 10.0 Å². The molecule has 1 unspecified atom stereocenters. The van der Waals surface area contributed by atoms with Crippen molar-refractivity contribution in [2.75, 3.05) is 12.3 Å². The zero-order valence-electron chi connectivity index (χ0n) is 16.7. The summed E-state index contributed by atoms with van der Waals surface area (Å²) in [5.74, 6) is 0.381. The van der Waals surface area contributed by atoms with Crippen molar-refractivity contribution < 1.29 is 9.59 Å². The van der Waals surface area contributed by atoms with E-state index >= 15 is 0 Å². The summed E-state index contributed by atoms with van der Waals surface area (Å²) < 4.78 is 0. The molecule has 2 aromatic rings. The van der Waals surface area contributed by atoms with Crippen LogP contribution >= 0.6 is 35.0 Å². The summed E-state index contributed by atoms with van der Waals surface area (Å²) >= 11 is 13.8. The Hall–Kier alpha value is -1.69. The van der Waals surface area contributed by atoms with Gasteiger partial charge in [0.25, 0.3) is 0 Å². The maximum Gasteiger partial charge on any atom is 0.242 e. The summed E-state index contributed by atoms with van der Waals surface area (Å²) in [6, 6.07) is 14.3. The molecule has 156 valence electrons. The molecule has 0 saturated heterocycles. The molecule has 4 nitrogen and oxygen atoms in total. The SMILES string of the molecule is CCCNC(=O)C(C)N(Cc1ccccc1Cl)C(=O)CCSc1ccc(Cl)cc1. The smallest absolute Gasteiger partial charge is 0.242 e. The highest BCUT2D eigenvalue weighted by Crippen LogP contribution is 2.23. The molecule has 0 aliphatic rings. The predicted octanol–water partition coefficient (Wildman–Crippen LogP) is 5.42. The van der Waals surface area contributed by atoms with Crippen LogP contribution in [0.3, 0.4) is 0 Å². The number of halogens is 2. The van der Waals surface area contributed by atoms with Gasteiger partial charge in [0.05, 0.1) is 0 Å². The van der Waals surface area contributed by atoms with Crippen molar-refractivity contribution in [2.45, 2.75) is 44.2 Å². The first kappa shape index (κ1) is 23.6. The van der Waals surface area contributed by atoms with Crippen molar-refractivity contribution in [3.05, 3.63) is 64.1 Å². The molecule has 0 heterocycles. The molecule has 1 atom stereocenters. The van der Waals surface area contributed by atoms with Gasteiger partial charge in [-0.15, -0.1) is 11.8 Å². The first-order valence-corrected chi connectivity index (χ1v) is 11.4. The number of hydrogen-bond donors (Lipinski definition) is 1. The highest BCUT2D eigenvalue weighted by atomic mass is 35.5. The number of carbonyl (C=O) groups is 2. The second kappa shape index (κ2) is 12.1. The highest BCUT2D eigenvalue weighted by Gasteiger charge is 2.26. The minimum Gasteiger partial charge on any atom is -0.354 e. The fourth-order valence-electron chi connectivity index (χ4n) is 2.72. The Bertz CT molecular complexity index is 815. The third-order valence-electron chi connectivity index (χ3n) is 4.41. The molecule has 0 aromatic heterocycles. The third kappa shape index (κ3) is 7.57. The summed E-state index contributed by atoms with van der Waals surface area (Å²) in [5.41, 5.74) is 0.822. The van der Waals surface area contributed by atoms with Gasteiger partial charge in [-0.05, 0) is 49.2 Å². The first-order valence-electron chi connectivity index (χ1n) is 9.61. The zero-order valence-corrected chi connectivity index (χ0v) is 19.0. The minimum atomic E-state index is -0.578. The molecule has 2 aromatic carbocycles. The fraction of sp³-hybridized carbons (Fsp3) is 0.364. The van der Waals surface area contributed by atoms with Crippen molar-refractivity contribution in [2.24, 2.45) is 0 Å². The molecule has 2 amide bonds. The normalized spacial score (nSPS) is 11.7. The molecule has 0 radical (unpaired) electrons. The van der Waals surface area contributed by atoms with Crippen molar-refractivity contribution in [3.8, 4) is 0 Å². The average molecular weight is 453 g/mol. The quantitative estimate of drug-likeness (QED) is 0.489. The van der Waals surface area contributed by atoms with E-state index in [2.05, 4.69) is 5.32 Å². The Balaban J connectivity index is 2.05. The lowest BCUT2D eigenvalue weighted by molar-refractivity contribution is -0.140. The third-order valence-corrected chi connectivity index (χ3v) is 6.05. The number of nitrogens with one attached hydrogen (secondary N) is 1. The van der Waals surface area contributed by atoms with E-state index in [1.807, 2.05) is 49.4 Å². The Morgan fingerprint density at radius 2 is 1.79 bits per heavy atom. The number of thioether (sulfide) groups is 1. The van der Waals surface area contributed by atoms with Crippen molar-refractivity contribution in [1.29, 1.82) is 0 Å². The summed E-state index contributed by atoms with van der Waals surface area (Å²) in [6.45, 7) is 4.63. The van der Waals surface area contributed by atoms with Gasteiger partial charge in [-0.3, -0.25) is 9.59 Å². The van der Waals surface area contributed by atoms with Gasteiger partial charge < -0.3 is 10.2 Å². The topological polar surface area (TPSA) is 49.4 Å². The van der Waals surface area contributed by atoms with E-state index in [-0.39, 0.29) is 11.8 Å². The van der Waals surface area contributed by atoms with Crippen LogP contribution in [0.4, 0.5) is 0 Å². The molecule has 0 aliphatic carbocycles. The second-order valence-electron chi connectivity index (χ2n) is 6.63.